The van der Waals surface area contributed by atoms with Crippen LogP contribution in [0, 0.1) is 6.92 Å². The maximum atomic E-state index is 12.8. The van der Waals surface area contributed by atoms with Crippen LogP contribution in [0.15, 0.2) is 47.1 Å². The number of carbonyl (C=O) groups is 1. The highest BCUT2D eigenvalue weighted by Crippen LogP contribution is 2.27. The summed E-state index contributed by atoms with van der Waals surface area (Å²) in [6, 6.07) is 8.72. The number of carbonyl (C=O) groups excluding carboxylic acids is 1. The zero-order valence-corrected chi connectivity index (χ0v) is 13.8. The van der Waals surface area contributed by atoms with Crippen LogP contribution < -0.4 is 0 Å². The minimum Gasteiger partial charge on any atom is -0.508 e. The molecule has 3 aromatic rings. The third kappa shape index (κ3) is 2.76. The van der Waals surface area contributed by atoms with E-state index >= 15 is 0 Å². The standard InChI is InChI=1S/C19H17N3O3/c1-12-14(5-2-6-16(12)23)19(24)22-9-7-17-15(11-22)21-18(25-17)13-4-3-8-20-10-13/h2-6,8,10,23H,7,9,11H2,1H3. The van der Waals surface area contributed by atoms with Gasteiger partial charge in [-0.15, -0.1) is 0 Å². The molecule has 0 radical (unpaired) electrons. The minimum atomic E-state index is -0.107. The molecule has 4 rings (SSSR count). The second kappa shape index (κ2) is 6.05. The van der Waals surface area contributed by atoms with Gasteiger partial charge in [0, 0.05) is 36.5 Å². The van der Waals surface area contributed by atoms with Crippen LogP contribution in [0.2, 0.25) is 0 Å². The van der Waals surface area contributed by atoms with E-state index in [0.717, 1.165) is 17.0 Å². The molecule has 0 aliphatic carbocycles. The van der Waals surface area contributed by atoms with Crippen LogP contribution in [-0.4, -0.2) is 32.4 Å². The number of oxazole rings is 1. The molecule has 0 bridgehead atoms. The number of rotatable bonds is 2. The van der Waals surface area contributed by atoms with Gasteiger partial charge in [0.1, 0.15) is 17.2 Å². The van der Waals surface area contributed by atoms with Gasteiger partial charge in [0.15, 0.2) is 0 Å². The van der Waals surface area contributed by atoms with E-state index in [4.69, 9.17) is 4.42 Å². The van der Waals surface area contributed by atoms with Gasteiger partial charge in [-0.05, 0) is 31.2 Å². The fourth-order valence-corrected chi connectivity index (χ4v) is 3.01. The lowest BCUT2D eigenvalue weighted by Crippen LogP contribution is -2.36. The average Bonchev–Trinajstić information content (AvgIpc) is 3.07. The second-order valence-corrected chi connectivity index (χ2v) is 6.06. The van der Waals surface area contributed by atoms with Gasteiger partial charge in [0.05, 0.1) is 12.1 Å². The molecule has 1 aliphatic rings. The van der Waals surface area contributed by atoms with E-state index in [1.165, 1.54) is 0 Å². The molecule has 25 heavy (non-hydrogen) atoms. The number of hydrogen-bond donors (Lipinski definition) is 1. The van der Waals surface area contributed by atoms with Gasteiger partial charge < -0.3 is 14.4 Å². The molecular formula is C19H17N3O3. The molecule has 6 heteroatoms. The van der Waals surface area contributed by atoms with E-state index in [9.17, 15) is 9.90 Å². The van der Waals surface area contributed by atoms with Crippen molar-refractivity contribution in [2.24, 2.45) is 0 Å². The van der Waals surface area contributed by atoms with E-state index in [2.05, 4.69) is 9.97 Å². The van der Waals surface area contributed by atoms with Gasteiger partial charge in [0.2, 0.25) is 5.89 Å². The summed E-state index contributed by atoms with van der Waals surface area (Å²) in [4.78, 5) is 23.2. The molecule has 6 nitrogen and oxygen atoms in total. The molecule has 1 N–H and O–H groups in total. The first-order valence-electron chi connectivity index (χ1n) is 8.10. The Morgan fingerprint density at radius 2 is 2.16 bits per heavy atom. The Morgan fingerprint density at radius 3 is 2.96 bits per heavy atom. The number of aromatic hydroxyl groups is 1. The fraction of sp³-hybridized carbons (Fsp3) is 0.211. The van der Waals surface area contributed by atoms with Gasteiger partial charge >= 0.3 is 0 Å². The average molecular weight is 335 g/mol. The van der Waals surface area contributed by atoms with E-state index in [1.54, 1.807) is 42.4 Å². The smallest absolute Gasteiger partial charge is 0.254 e. The first-order valence-corrected chi connectivity index (χ1v) is 8.10. The molecule has 0 atom stereocenters. The van der Waals surface area contributed by atoms with Crippen molar-refractivity contribution in [3.05, 3.63) is 65.3 Å². The summed E-state index contributed by atoms with van der Waals surface area (Å²) in [7, 11) is 0. The van der Waals surface area contributed by atoms with Crippen LogP contribution in [0.5, 0.6) is 5.75 Å². The normalized spacial score (nSPS) is 13.6. The molecular weight excluding hydrogens is 318 g/mol. The number of phenolic OH excluding ortho intramolecular Hbond substituents is 1. The largest absolute Gasteiger partial charge is 0.508 e. The summed E-state index contributed by atoms with van der Waals surface area (Å²) < 4.78 is 5.84. The molecule has 0 unspecified atom stereocenters. The van der Waals surface area contributed by atoms with Crippen molar-refractivity contribution in [1.29, 1.82) is 0 Å². The van der Waals surface area contributed by atoms with E-state index in [-0.39, 0.29) is 11.7 Å². The molecule has 0 fully saturated rings. The molecule has 0 saturated carbocycles. The summed E-state index contributed by atoms with van der Waals surface area (Å²) in [5, 5.41) is 9.83. The van der Waals surface area contributed by atoms with Crippen LogP contribution in [-0.2, 0) is 13.0 Å². The van der Waals surface area contributed by atoms with Gasteiger partial charge in [-0.3, -0.25) is 9.78 Å². The zero-order chi connectivity index (χ0) is 17.4. The number of pyridine rings is 1. The van der Waals surface area contributed by atoms with Crippen LogP contribution in [0.1, 0.15) is 27.4 Å². The summed E-state index contributed by atoms with van der Waals surface area (Å²) in [6.45, 7) is 2.70. The Bertz CT molecular complexity index is 934. The molecule has 1 aliphatic heterocycles. The molecule has 3 heterocycles. The lowest BCUT2D eigenvalue weighted by molar-refractivity contribution is 0.0726. The SMILES string of the molecule is Cc1c(O)cccc1C(=O)N1CCc2oc(-c3cccnc3)nc2C1. The third-order valence-corrected chi connectivity index (χ3v) is 4.46. The number of amides is 1. The first kappa shape index (κ1) is 15.4. The highest BCUT2D eigenvalue weighted by Gasteiger charge is 2.27. The summed E-state index contributed by atoms with van der Waals surface area (Å²) in [5.74, 6) is 1.37. The maximum absolute atomic E-state index is 12.8. The molecule has 0 spiro atoms. The number of nitrogens with zero attached hydrogens (tertiary/aromatic N) is 3. The topological polar surface area (TPSA) is 79.5 Å². The second-order valence-electron chi connectivity index (χ2n) is 6.06. The summed E-state index contributed by atoms with van der Waals surface area (Å²) in [5.41, 5.74) is 2.70. The Hall–Kier alpha value is -3.15. The van der Waals surface area contributed by atoms with E-state index < -0.39 is 0 Å². The predicted molar refractivity (Wildman–Crippen MR) is 91.0 cm³/mol. The van der Waals surface area contributed by atoms with Crippen LogP contribution in [0.3, 0.4) is 0 Å². The van der Waals surface area contributed by atoms with Crippen LogP contribution >= 0.6 is 0 Å². The van der Waals surface area contributed by atoms with Crippen LogP contribution in [0.25, 0.3) is 11.5 Å². The van der Waals surface area contributed by atoms with Crippen molar-refractivity contribution < 1.29 is 14.3 Å². The zero-order valence-electron chi connectivity index (χ0n) is 13.8. The quantitative estimate of drug-likeness (QED) is 0.779. The number of phenols is 1. The minimum absolute atomic E-state index is 0.107. The Kier molecular flexibility index (Phi) is 3.72. The van der Waals surface area contributed by atoms with Gasteiger partial charge in [-0.1, -0.05) is 6.07 Å². The van der Waals surface area contributed by atoms with Gasteiger partial charge in [-0.25, -0.2) is 4.98 Å². The maximum Gasteiger partial charge on any atom is 0.254 e. The Labute approximate surface area is 144 Å². The van der Waals surface area contributed by atoms with Crippen molar-refractivity contribution in [3.63, 3.8) is 0 Å². The number of fused-ring (bicyclic) bond motifs is 1. The Balaban J connectivity index is 1.60. The van der Waals surface area contributed by atoms with E-state index in [0.29, 0.717) is 36.5 Å². The first-order chi connectivity index (χ1) is 12.1. The van der Waals surface area contributed by atoms with Crippen molar-refractivity contribution in [3.8, 4) is 17.2 Å². The predicted octanol–water partition coefficient (Wildman–Crippen LogP) is 2.95. The molecule has 1 amide bonds. The highest BCUT2D eigenvalue weighted by molar-refractivity contribution is 5.96. The third-order valence-electron chi connectivity index (χ3n) is 4.46. The van der Waals surface area contributed by atoms with Crippen molar-refractivity contribution in [1.82, 2.24) is 14.9 Å². The fourth-order valence-electron chi connectivity index (χ4n) is 3.01. The lowest BCUT2D eigenvalue weighted by atomic mass is 10.0. The monoisotopic (exact) mass is 335 g/mol. The van der Waals surface area contributed by atoms with Gasteiger partial charge in [0.25, 0.3) is 5.91 Å². The lowest BCUT2D eigenvalue weighted by Gasteiger charge is -2.26. The van der Waals surface area contributed by atoms with Gasteiger partial charge in [-0.2, -0.15) is 0 Å². The number of aromatic nitrogens is 2. The van der Waals surface area contributed by atoms with E-state index in [1.807, 2.05) is 12.1 Å². The summed E-state index contributed by atoms with van der Waals surface area (Å²) >= 11 is 0. The number of benzene rings is 1. The highest BCUT2D eigenvalue weighted by atomic mass is 16.4. The Morgan fingerprint density at radius 1 is 1.28 bits per heavy atom. The molecule has 0 saturated heterocycles. The number of hydrogen-bond acceptors (Lipinski definition) is 5. The summed E-state index contributed by atoms with van der Waals surface area (Å²) in [6.07, 6.45) is 4.02. The molecule has 2 aromatic heterocycles. The van der Waals surface area contributed by atoms with Crippen LogP contribution in [0.4, 0.5) is 0 Å². The van der Waals surface area contributed by atoms with Crippen molar-refractivity contribution >= 4 is 5.91 Å². The molecule has 1 aromatic carbocycles. The molecule has 126 valence electrons. The van der Waals surface area contributed by atoms with Crippen molar-refractivity contribution in [2.45, 2.75) is 19.9 Å². The van der Waals surface area contributed by atoms with Crippen molar-refractivity contribution in [2.75, 3.05) is 6.54 Å².